The molecule has 2 N–H and O–H groups in total. The summed E-state index contributed by atoms with van der Waals surface area (Å²) in [5.74, 6) is -1.21. The Morgan fingerprint density at radius 2 is 1.71 bits per heavy atom. The number of hydrogen-bond donors (Lipinski definition) is 2. The SMILES string of the molecule is CC(C)(CNC(=O)CCCCC(=O)O)c1ccc(F)cc1. The summed E-state index contributed by atoms with van der Waals surface area (Å²) in [6.45, 7) is 4.41. The molecule has 0 unspecified atom stereocenters. The van der Waals surface area contributed by atoms with Gasteiger partial charge in [0.15, 0.2) is 0 Å². The Kier molecular flexibility index (Phi) is 6.34. The minimum absolute atomic E-state index is 0.0874. The first-order valence-electron chi connectivity index (χ1n) is 7.06. The third kappa shape index (κ3) is 6.38. The lowest BCUT2D eigenvalue weighted by Crippen LogP contribution is -2.36. The monoisotopic (exact) mass is 295 g/mol. The van der Waals surface area contributed by atoms with E-state index in [-0.39, 0.29) is 23.6 Å². The molecule has 0 radical (unpaired) electrons. The summed E-state index contributed by atoms with van der Waals surface area (Å²) in [6, 6.07) is 6.25. The normalized spacial score (nSPS) is 11.2. The zero-order valence-electron chi connectivity index (χ0n) is 12.5. The summed E-state index contributed by atoms with van der Waals surface area (Å²) < 4.78 is 12.9. The highest BCUT2D eigenvalue weighted by Gasteiger charge is 2.21. The van der Waals surface area contributed by atoms with Crippen LogP contribution in [0, 0.1) is 5.82 Å². The Morgan fingerprint density at radius 1 is 1.14 bits per heavy atom. The van der Waals surface area contributed by atoms with Gasteiger partial charge in [0.2, 0.25) is 5.91 Å². The van der Waals surface area contributed by atoms with Crippen molar-refractivity contribution in [3.8, 4) is 0 Å². The van der Waals surface area contributed by atoms with Gasteiger partial charge in [-0.2, -0.15) is 0 Å². The molecule has 1 amide bonds. The molecule has 0 fully saturated rings. The van der Waals surface area contributed by atoms with Gasteiger partial charge in [-0.25, -0.2) is 4.39 Å². The standard InChI is InChI=1S/C16H22FNO3/c1-16(2,12-7-9-13(17)10-8-12)11-18-14(19)5-3-4-6-15(20)21/h7-10H,3-6,11H2,1-2H3,(H,18,19)(H,20,21). The smallest absolute Gasteiger partial charge is 0.303 e. The maximum Gasteiger partial charge on any atom is 0.303 e. The second kappa shape index (κ2) is 7.76. The van der Waals surface area contributed by atoms with Crippen LogP contribution in [0.3, 0.4) is 0 Å². The molecule has 1 rings (SSSR count). The van der Waals surface area contributed by atoms with E-state index in [1.54, 1.807) is 12.1 Å². The third-order valence-corrected chi connectivity index (χ3v) is 3.40. The van der Waals surface area contributed by atoms with Crippen LogP contribution in [0.25, 0.3) is 0 Å². The highest BCUT2D eigenvalue weighted by molar-refractivity contribution is 5.76. The van der Waals surface area contributed by atoms with Crippen molar-refractivity contribution in [3.63, 3.8) is 0 Å². The van der Waals surface area contributed by atoms with Crippen LogP contribution in [-0.4, -0.2) is 23.5 Å². The number of aliphatic carboxylic acids is 1. The van der Waals surface area contributed by atoms with Gasteiger partial charge in [0.05, 0.1) is 0 Å². The second-order valence-corrected chi connectivity index (χ2v) is 5.77. The molecule has 0 bridgehead atoms. The molecule has 5 heteroatoms. The predicted molar refractivity (Wildman–Crippen MR) is 78.5 cm³/mol. The topological polar surface area (TPSA) is 66.4 Å². The van der Waals surface area contributed by atoms with Crippen LogP contribution < -0.4 is 5.32 Å². The van der Waals surface area contributed by atoms with Crippen LogP contribution in [0.5, 0.6) is 0 Å². The Labute approximate surface area is 124 Å². The minimum atomic E-state index is -0.840. The molecule has 0 saturated carbocycles. The van der Waals surface area contributed by atoms with Crippen molar-refractivity contribution in [1.29, 1.82) is 0 Å². The number of rotatable bonds is 8. The Hall–Kier alpha value is -1.91. The van der Waals surface area contributed by atoms with Crippen molar-refractivity contribution in [3.05, 3.63) is 35.6 Å². The number of halogens is 1. The number of carbonyl (C=O) groups excluding carboxylic acids is 1. The molecule has 0 saturated heterocycles. The average molecular weight is 295 g/mol. The molecular formula is C16H22FNO3. The molecule has 116 valence electrons. The number of amides is 1. The van der Waals surface area contributed by atoms with Gasteiger partial charge in [0.1, 0.15) is 5.82 Å². The lowest BCUT2D eigenvalue weighted by atomic mass is 9.84. The van der Waals surface area contributed by atoms with Crippen LogP contribution in [0.1, 0.15) is 45.1 Å². The van der Waals surface area contributed by atoms with E-state index in [0.29, 0.717) is 25.8 Å². The van der Waals surface area contributed by atoms with Crippen molar-refractivity contribution in [2.75, 3.05) is 6.54 Å². The van der Waals surface area contributed by atoms with E-state index in [1.807, 2.05) is 13.8 Å². The molecule has 0 aliphatic heterocycles. The molecule has 1 aromatic rings. The van der Waals surface area contributed by atoms with Crippen LogP contribution in [0.4, 0.5) is 4.39 Å². The number of carboxylic acids is 1. The maximum atomic E-state index is 12.9. The fourth-order valence-electron chi connectivity index (χ4n) is 1.97. The van der Waals surface area contributed by atoms with Crippen LogP contribution in [0.15, 0.2) is 24.3 Å². The molecule has 21 heavy (non-hydrogen) atoms. The first-order valence-corrected chi connectivity index (χ1v) is 7.06. The highest BCUT2D eigenvalue weighted by atomic mass is 19.1. The Bertz CT molecular complexity index is 483. The van der Waals surface area contributed by atoms with Gasteiger partial charge in [-0.1, -0.05) is 26.0 Å². The minimum Gasteiger partial charge on any atom is -0.481 e. The van der Waals surface area contributed by atoms with E-state index < -0.39 is 5.97 Å². The summed E-state index contributed by atoms with van der Waals surface area (Å²) in [5, 5.41) is 11.4. The number of unbranched alkanes of at least 4 members (excludes halogenated alkanes) is 1. The molecular weight excluding hydrogens is 273 g/mol. The van der Waals surface area contributed by atoms with E-state index in [9.17, 15) is 14.0 Å². The zero-order chi connectivity index (χ0) is 15.9. The molecule has 0 aliphatic rings. The second-order valence-electron chi connectivity index (χ2n) is 5.77. The predicted octanol–water partition coefficient (Wildman–Crippen LogP) is 2.86. The van der Waals surface area contributed by atoms with Crippen LogP contribution >= 0.6 is 0 Å². The Balaban J connectivity index is 2.37. The summed E-state index contributed by atoms with van der Waals surface area (Å²) in [4.78, 5) is 22.1. The van der Waals surface area contributed by atoms with Gasteiger partial charge < -0.3 is 10.4 Å². The molecule has 0 atom stereocenters. The maximum absolute atomic E-state index is 12.9. The van der Waals surface area contributed by atoms with Crippen molar-refractivity contribution in [1.82, 2.24) is 5.32 Å². The van der Waals surface area contributed by atoms with E-state index in [1.165, 1.54) is 12.1 Å². The number of nitrogens with one attached hydrogen (secondary N) is 1. The molecule has 0 spiro atoms. The average Bonchev–Trinajstić information content (AvgIpc) is 2.42. The quantitative estimate of drug-likeness (QED) is 0.725. The number of carboxylic acid groups (broad SMARTS) is 1. The fourth-order valence-corrected chi connectivity index (χ4v) is 1.97. The van der Waals surface area contributed by atoms with E-state index in [4.69, 9.17) is 5.11 Å². The van der Waals surface area contributed by atoms with E-state index >= 15 is 0 Å². The van der Waals surface area contributed by atoms with Gasteiger partial charge in [-0.05, 0) is 30.5 Å². The first kappa shape index (κ1) is 17.1. The largest absolute Gasteiger partial charge is 0.481 e. The fraction of sp³-hybridized carbons (Fsp3) is 0.500. The van der Waals surface area contributed by atoms with Crippen LogP contribution in [0.2, 0.25) is 0 Å². The van der Waals surface area contributed by atoms with Crippen molar-refractivity contribution >= 4 is 11.9 Å². The van der Waals surface area contributed by atoms with Gasteiger partial charge in [-0.3, -0.25) is 9.59 Å². The van der Waals surface area contributed by atoms with Gasteiger partial charge >= 0.3 is 5.97 Å². The lowest BCUT2D eigenvalue weighted by molar-refractivity contribution is -0.137. The number of hydrogen-bond acceptors (Lipinski definition) is 2. The first-order chi connectivity index (χ1) is 9.81. The van der Waals surface area contributed by atoms with Crippen molar-refractivity contribution < 1.29 is 19.1 Å². The van der Waals surface area contributed by atoms with E-state index in [2.05, 4.69) is 5.32 Å². The van der Waals surface area contributed by atoms with Gasteiger partial charge in [0, 0.05) is 24.8 Å². The molecule has 1 aromatic carbocycles. The number of benzene rings is 1. The molecule has 0 heterocycles. The number of carbonyl (C=O) groups is 2. The van der Waals surface area contributed by atoms with Crippen molar-refractivity contribution in [2.45, 2.75) is 44.9 Å². The highest BCUT2D eigenvalue weighted by Crippen LogP contribution is 2.22. The zero-order valence-corrected chi connectivity index (χ0v) is 12.5. The summed E-state index contributed by atoms with van der Waals surface area (Å²) in [7, 11) is 0. The molecule has 4 nitrogen and oxygen atoms in total. The van der Waals surface area contributed by atoms with E-state index in [0.717, 1.165) is 5.56 Å². The van der Waals surface area contributed by atoms with Crippen LogP contribution in [-0.2, 0) is 15.0 Å². The Morgan fingerprint density at radius 3 is 2.29 bits per heavy atom. The summed E-state index contributed by atoms with van der Waals surface area (Å²) >= 11 is 0. The lowest BCUT2D eigenvalue weighted by Gasteiger charge is -2.25. The molecule has 0 aliphatic carbocycles. The molecule has 0 aromatic heterocycles. The third-order valence-electron chi connectivity index (χ3n) is 3.40. The van der Waals surface area contributed by atoms with Gasteiger partial charge in [-0.15, -0.1) is 0 Å². The van der Waals surface area contributed by atoms with Crippen molar-refractivity contribution in [2.24, 2.45) is 0 Å². The summed E-state index contributed by atoms with van der Waals surface area (Å²) in [6.07, 6.45) is 1.49. The van der Waals surface area contributed by atoms with Gasteiger partial charge in [0.25, 0.3) is 0 Å². The summed E-state index contributed by atoms with van der Waals surface area (Å²) in [5.41, 5.74) is 0.666.